The van der Waals surface area contributed by atoms with Crippen molar-refractivity contribution >= 4 is 38.9 Å². The van der Waals surface area contributed by atoms with Crippen molar-refractivity contribution < 1.29 is 9.90 Å². The lowest BCUT2D eigenvalue weighted by Gasteiger charge is -2.04. The molecule has 0 spiro atoms. The van der Waals surface area contributed by atoms with Gasteiger partial charge in [0.1, 0.15) is 4.88 Å². The molecule has 0 bridgehead atoms. The number of aromatic nitrogens is 1. The Kier molecular flexibility index (Phi) is 3.12. The first kappa shape index (κ1) is 12.6. The fraction of sp³-hybridized carbons (Fsp3) is 0.0667. The van der Waals surface area contributed by atoms with Gasteiger partial charge in [0.05, 0.1) is 5.69 Å². The first-order valence-corrected chi connectivity index (χ1v) is 6.92. The fourth-order valence-electron chi connectivity index (χ4n) is 2.04. The predicted molar refractivity (Wildman–Crippen MR) is 81.0 cm³/mol. The van der Waals surface area contributed by atoms with Crippen LogP contribution in [0.4, 0.5) is 10.8 Å². The monoisotopic (exact) mass is 284 g/mol. The second-order valence-electron chi connectivity index (χ2n) is 4.43. The maximum Gasteiger partial charge on any atom is 0.347 e. The van der Waals surface area contributed by atoms with Gasteiger partial charge in [-0.15, -0.1) is 0 Å². The van der Waals surface area contributed by atoms with E-state index in [0.29, 0.717) is 10.8 Å². The maximum absolute atomic E-state index is 11.0. The van der Waals surface area contributed by atoms with E-state index in [9.17, 15) is 4.79 Å². The highest BCUT2D eigenvalue weighted by molar-refractivity contribution is 7.17. The van der Waals surface area contributed by atoms with Crippen molar-refractivity contribution in [3.05, 3.63) is 53.0 Å². The molecule has 5 heteroatoms. The van der Waals surface area contributed by atoms with Crippen LogP contribution in [0.15, 0.2) is 42.5 Å². The number of carboxylic acid groups (broad SMARTS) is 1. The third-order valence-electron chi connectivity index (χ3n) is 2.99. The molecular weight excluding hydrogens is 272 g/mol. The summed E-state index contributed by atoms with van der Waals surface area (Å²) >= 11 is 1.15. The number of nitrogens with one attached hydrogen (secondary N) is 1. The zero-order valence-electron chi connectivity index (χ0n) is 10.8. The number of hydrogen-bond acceptors (Lipinski definition) is 4. The quantitative estimate of drug-likeness (QED) is 0.761. The Morgan fingerprint density at radius 1 is 1.20 bits per heavy atom. The molecule has 0 aliphatic rings. The summed E-state index contributed by atoms with van der Waals surface area (Å²) in [6.45, 7) is 1.70. The molecule has 0 aliphatic carbocycles. The standard InChI is InChI=1S/C15H12N2O2S/c1-9-13(14(18)19)20-15(16-9)17-12-7-6-10-4-2-3-5-11(10)8-12/h2-8H,1H3,(H,16,17)(H,18,19). The molecule has 2 N–H and O–H groups in total. The number of benzene rings is 2. The van der Waals surface area contributed by atoms with Crippen LogP contribution in [-0.2, 0) is 0 Å². The summed E-state index contributed by atoms with van der Waals surface area (Å²) in [7, 11) is 0. The summed E-state index contributed by atoms with van der Waals surface area (Å²) in [6.07, 6.45) is 0. The second-order valence-corrected chi connectivity index (χ2v) is 5.42. The second kappa shape index (κ2) is 4.94. The fourth-order valence-corrected chi connectivity index (χ4v) is 2.86. The van der Waals surface area contributed by atoms with E-state index in [1.165, 1.54) is 5.39 Å². The molecule has 0 amide bonds. The van der Waals surface area contributed by atoms with Crippen LogP contribution in [0.3, 0.4) is 0 Å². The van der Waals surface area contributed by atoms with Gasteiger partial charge in [-0.1, -0.05) is 41.7 Å². The molecule has 2 aromatic carbocycles. The number of carbonyl (C=O) groups is 1. The SMILES string of the molecule is Cc1nc(Nc2ccc3ccccc3c2)sc1C(=O)O. The maximum atomic E-state index is 11.0. The molecule has 100 valence electrons. The van der Waals surface area contributed by atoms with Crippen molar-refractivity contribution in [2.24, 2.45) is 0 Å². The normalized spacial score (nSPS) is 10.7. The van der Waals surface area contributed by atoms with E-state index in [4.69, 9.17) is 5.11 Å². The smallest absolute Gasteiger partial charge is 0.347 e. The summed E-state index contributed by atoms with van der Waals surface area (Å²) in [5.74, 6) is -0.938. The minimum absolute atomic E-state index is 0.272. The van der Waals surface area contributed by atoms with E-state index in [-0.39, 0.29) is 4.88 Å². The van der Waals surface area contributed by atoms with Gasteiger partial charge in [0.25, 0.3) is 0 Å². The number of anilines is 2. The molecule has 3 aromatic rings. The zero-order valence-corrected chi connectivity index (χ0v) is 11.6. The number of nitrogens with zero attached hydrogens (tertiary/aromatic N) is 1. The topological polar surface area (TPSA) is 62.2 Å². The molecule has 1 aromatic heterocycles. The minimum Gasteiger partial charge on any atom is -0.477 e. The average Bonchev–Trinajstić information content (AvgIpc) is 2.79. The Labute approximate surface area is 119 Å². The van der Waals surface area contributed by atoms with Crippen molar-refractivity contribution in [2.75, 3.05) is 5.32 Å². The molecule has 0 atom stereocenters. The van der Waals surface area contributed by atoms with Crippen LogP contribution in [0.1, 0.15) is 15.4 Å². The molecule has 20 heavy (non-hydrogen) atoms. The van der Waals surface area contributed by atoms with Gasteiger partial charge in [0.2, 0.25) is 0 Å². The minimum atomic E-state index is -0.938. The number of carboxylic acids is 1. The van der Waals surface area contributed by atoms with Gasteiger partial charge >= 0.3 is 5.97 Å². The van der Waals surface area contributed by atoms with E-state index in [1.54, 1.807) is 6.92 Å². The lowest BCUT2D eigenvalue weighted by molar-refractivity contribution is 0.0701. The first-order chi connectivity index (χ1) is 9.63. The molecule has 0 saturated carbocycles. The van der Waals surface area contributed by atoms with E-state index < -0.39 is 5.97 Å². The molecule has 3 rings (SSSR count). The number of fused-ring (bicyclic) bond motifs is 1. The Balaban J connectivity index is 1.92. The molecule has 0 radical (unpaired) electrons. The van der Waals surface area contributed by atoms with Gasteiger partial charge in [-0.2, -0.15) is 0 Å². The van der Waals surface area contributed by atoms with E-state index in [1.807, 2.05) is 36.4 Å². The summed E-state index contributed by atoms with van der Waals surface area (Å²) in [4.78, 5) is 15.5. The van der Waals surface area contributed by atoms with E-state index >= 15 is 0 Å². The van der Waals surface area contributed by atoms with Gasteiger partial charge in [-0.25, -0.2) is 9.78 Å². The first-order valence-electron chi connectivity index (χ1n) is 6.10. The molecule has 0 unspecified atom stereocenters. The number of hydrogen-bond donors (Lipinski definition) is 2. The van der Waals surface area contributed by atoms with Crippen molar-refractivity contribution in [2.45, 2.75) is 6.92 Å². The van der Waals surface area contributed by atoms with Crippen molar-refractivity contribution in [1.29, 1.82) is 0 Å². The molecule has 0 aliphatic heterocycles. The average molecular weight is 284 g/mol. The lowest BCUT2D eigenvalue weighted by atomic mass is 10.1. The third-order valence-corrected chi connectivity index (χ3v) is 4.05. The van der Waals surface area contributed by atoms with Gasteiger partial charge in [-0.05, 0) is 29.8 Å². The van der Waals surface area contributed by atoms with Crippen molar-refractivity contribution in [1.82, 2.24) is 4.98 Å². The van der Waals surface area contributed by atoms with Gasteiger partial charge in [0, 0.05) is 5.69 Å². The molecule has 1 heterocycles. The Bertz CT molecular complexity index is 795. The molecule has 0 fully saturated rings. The van der Waals surface area contributed by atoms with Gasteiger partial charge < -0.3 is 10.4 Å². The Morgan fingerprint density at radius 3 is 2.65 bits per heavy atom. The summed E-state index contributed by atoms with van der Waals surface area (Å²) in [5.41, 5.74) is 1.43. The largest absolute Gasteiger partial charge is 0.477 e. The van der Waals surface area contributed by atoms with Crippen LogP contribution in [0.25, 0.3) is 10.8 Å². The van der Waals surface area contributed by atoms with Crippen LogP contribution in [0, 0.1) is 6.92 Å². The number of thiazole rings is 1. The van der Waals surface area contributed by atoms with Gasteiger partial charge in [0.15, 0.2) is 5.13 Å². The summed E-state index contributed by atoms with van der Waals surface area (Å²) < 4.78 is 0. The Hall–Kier alpha value is -2.40. The molecule has 4 nitrogen and oxygen atoms in total. The summed E-state index contributed by atoms with van der Waals surface area (Å²) in [6, 6.07) is 14.1. The Morgan fingerprint density at radius 2 is 1.95 bits per heavy atom. The highest BCUT2D eigenvalue weighted by Gasteiger charge is 2.13. The highest BCUT2D eigenvalue weighted by Crippen LogP contribution is 2.27. The number of aryl methyl sites for hydroxylation is 1. The van der Waals surface area contributed by atoms with E-state index in [0.717, 1.165) is 22.4 Å². The van der Waals surface area contributed by atoms with Crippen LogP contribution in [0.2, 0.25) is 0 Å². The number of aromatic carboxylic acids is 1. The van der Waals surface area contributed by atoms with Crippen LogP contribution >= 0.6 is 11.3 Å². The number of rotatable bonds is 3. The highest BCUT2D eigenvalue weighted by atomic mass is 32.1. The lowest BCUT2D eigenvalue weighted by Crippen LogP contribution is -1.94. The molecule has 0 saturated heterocycles. The third kappa shape index (κ3) is 2.35. The van der Waals surface area contributed by atoms with Crippen LogP contribution < -0.4 is 5.32 Å². The predicted octanol–water partition coefficient (Wildman–Crippen LogP) is 4.05. The van der Waals surface area contributed by atoms with Crippen LogP contribution in [0.5, 0.6) is 0 Å². The zero-order chi connectivity index (χ0) is 14.1. The summed E-state index contributed by atoms with van der Waals surface area (Å²) in [5, 5.41) is 15.1. The van der Waals surface area contributed by atoms with E-state index in [2.05, 4.69) is 16.4 Å². The van der Waals surface area contributed by atoms with Crippen molar-refractivity contribution in [3.63, 3.8) is 0 Å². The van der Waals surface area contributed by atoms with Crippen LogP contribution in [-0.4, -0.2) is 16.1 Å². The van der Waals surface area contributed by atoms with Crippen molar-refractivity contribution in [3.8, 4) is 0 Å². The molecular formula is C15H12N2O2S. The van der Waals surface area contributed by atoms with Gasteiger partial charge in [-0.3, -0.25) is 0 Å².